The molecule has 2 amide bonds. The van der Waals surface area contributed by atoms with Gasteiger partial charge in [-0.05, 0) is 43.0 Å². The average Bonchev–Trinajstić information content (AvgIpc) is 2.83. The molecular weight excluding hydrogens is 428 g/mol. The number of amides is 2. The first kappa shape index (κ1) is 23.5. The highest BCUT2D eigenvalue weighted by Gasteiger charge is 2.20. The summed E-state index contributed by atoms with van der Waals surface area (Å²) in [6.45, 7) is 3.18. The smallest absolute Gasteiger partial charge is 0.244 e. The largest absolute Gasteiger partial charge is 0.368 e. The van der Waals surface area contributed by atoms with E-state index in [4.69, 9.17) is 0 Å². The Balaban J connectivity index is 1.39. The van der Waals surface area contributed by atoms with E-state index < -0.39 is 10.0 Å². The fourth-order valence-electron chi connectivity index (χ4n) is 3.41. The first-order valence-corrected chi connectivity index (χ1v) is 11.9. The number of piperazine rings is 1. The number of sulfonamides is 1. The van der Waals surface area contributed by atoms with Gasteiger partial charge in [0.15, 0.2) is 0 Å². The number of nitrogens with zero attached hydrogens (tertiary/aromatic N) is 2. The SMILES string of the molecule is CNS(=O)(=O)c1ccc(/C=C/C(=O)NCCC(=O)N2CCN(c3ccccc3)CC2)cc1. The highest BCUT2D eigenvalue weighted by atomic mass is 32.2. The van der Waals surface area contributed by atoms with Crippen molar-refractivity contribution < 1.29 is 18.0 Å². The predicted octanol–water partition coefficient (Wildman–Crippen LogP) is 1.46. The van der Waals surface area contributed by atoms with Crippen LogP contribution in [0.15, 0.2) is 65.6 Å². The van der Waals surface area contributed by atoms with E-state index in [2.05, 4.69) is 27.1 Å². The monoisotopic (exact) mass is 456 g/mol. The highest BCUT2D eigenvalue weighted by Crippen LogP contribution is 2.16. The Hall–Kier alpha value is -3.17. The Morgan fingerprint density at radius 1 is 0.969 bits per heavy atom. The van der Waals surface area contributed by atoms with Gasteiger partial charge in [-0.1, -0.05) is 30.3 Å². The molecule has 0 unspecified atom stereocenters. The number of carbonyl (C=O) groups is 2. The summed E-state index contributed by atoms with van der Waals surface area (Å²) in [6.07, 6.45) is 3.21. The normalized spacial score (nSPS) is 14.5. The zero-order valence-electron chi connectivity index (χ0n) is 18.0. The summed E-state index contributed by atoms with van der Waals surface area (Å²) in [5.41, 5.74) is 1.86. The van der Waals surface area contributed by atoms with E-state index in [1.165, 1.54) is 25.3 Å². The molecule has 9 heteroatoms. The second-order valence-corrected chi connectivity index (χ2v) is 9.24. The molecule has 0 saturated carbocycles. The number of anilines is 1. The number of hydrogen-bond acceptors (Lipinski definition) is 5. The number of rotatable bonds is 8. The Bertz CT molecular complexity index is 1050. The molecule has 0 atom stereocenters. The van der Waals surface area contributed by atoms with Crippen molar-refractivity contribution in [2.24, 2.45) is 0 Å². The highest BCUT2D eigenvalue weighted by molar-refractivity contribution is 7.89. The molecule has 2 aromatic carbocycles. The minimum Gasteiger partial charge on any atom is -0.368 e. The first-order chi connectivity index (χ1) is 15.4. The van der Waals surface area contributed by atoms with Crippen molar-refractivity contribution in [3.8, 4) is 0 Å². The van der Waals surface area contributed by atoms with Crippen molar-refractivity contribution >= 4 is 33.6 Å². The van der Waals surface area contributed by atoms with Crippen LogP contribution in [0, 0.1) is 0 Å². The lowest BCUT2D eigenvalue weighted by Gasteiger charge is -2.36. The Labute approximate surface area is 189 Å². The Morgan fingerprint density at radius 3 is 2.25 bits per heavy atom. The van der Waals surface area contributed by atoms with Gasteiger partial charge in [-0.3, -0.25) is 9.59 Å². The van der Waals surface area contributed by atoms with Crippen LogP contribution in [0.2, 0.25) is 0 Å². The van der Waals surface area contributed by atoms with Gasteiger partial charge in [-0.2, -0.15) is 0 Å². The van der Waals surface area contributed by atoms with Gasteiger partial charge in [0.05, 0.1) is 4.90 Å². The molecule has 1 fully saturated rings. The molecule has 2 N–H and O–H groups in total. The van der Waals surface area contributed by atoms with Crippen LogP contribution in [0.3, 0.4) is 0 Å². The molecule has 0 spiro atoms. The van der Waals surface area contributed by atoms with Gasteiger partial charge in [0, 0.05) is 50.9 Å². The summed E-state index contributed by atoms with van der Waals surface area (Å²) in [5, 5.41) is 2.71. The average molecular weight is 457 g/mol. The molecule has 0 bridgehead atoms. The van der Waals surface area contributed by atoms with E-state index in [1.807, 2.05) is 23.1 Å². The molecular formula is C23H28N4O4S. The third kappa shape index (κ3) is 6.41. The molecule has 0 aromatic heterocycles. The number of nitrogens with one attached hydrogen (secondary N) is 2. The molecule has 3 rings (SSSR count). The molecule has 1 heterocycles. The fourth-order valence-corrected chi connectivity index (χ4v) is 4.14. The Morgan fingerprint density at radius 2 is 1.62 bits per heavy atom. The second-order valence-electron chi connectivity index (χ2n) is 7.35. The molecule has 8 nitrogen and oxygen atoms in total. The van der Waals surface area contributed by atoms with Crippen molar-refractivity contribution in [3.63, 3.8) is 0 Å². The van der Waals surface area contributed by atoms with Crippen molar-refractivity contribution in [3.05, 3.63) is 66.2 Å². The van der Waals surface area contributed by atoms with E-state index in [9.17, 15) is 18.0 Å². The number of carbonyl (C=O) groups excluding carboxylic acids is 2. The standard InChI is InChI=1S/C23H28N4O4S/c1-24-32(30,31)21-10-7-19(8-11-21)9-12-22(28)25-14-13-23(29)27-17-15-26(16-18-27)20-5-3-2-4-6-20/h2-12,24H,13-18H2,1H3,(H,25,28)/b12-9+. The maximum absolute atomic E-state index is 12.4. The molecule has 32 heavy (non-hydrogen) atoms. The van der Waals surface area contributed by atoms with Crippen molar-refractivity contribution in [1.82, 2.24) is 14.9 Å². The van der Waals surface area contributed by atoms with Crippen LogP contribution >= 0.6 is 0 Å². The van der Waals surface area contributed by atoms with E-state index >= 15 is 0 Å². The van der Waals surface area contributed by atoms with Crippen LogP contribution in [-0.4, -0.2) is 64.9 Å². The summed E-state index contributed by atoms with van der Waals surface area (Å²) in [7, 11) is -2.13. The van der Waals surface area contributed by atoms with Crippen LogP contribution in [0.5, 0.6) is 0 Å². The number of hydrogen-bond donors (Lipinski definition) is 2. The van der Waals surface area contributed by atoms with Crippen LogP contribution in [0.1, 0.15) is 12.0 Å². The maximum Gasteiger partial charge on any atom is 0.244 e. The third-order valence-electron chi connectivity index (χ3n) is 5.28. The van der Waals surface area contributed by atoms with Crippen LogP contribution in [0.4, 0.5) is 5.69 Å². The van der Waals surface area contributed by atoms with Gasteiger partial charge < -0.3 is 15.1 Å². The quantitative estimate of drug-likeness (QED) is 0.586. The first-order valence-electron chi connectivity index (χ1n) is 10.5. The van der Waals surface area contributed by atoms with E-state index in [0.717, 1.165) is 18.8 Å². The van der Waals surface area contributed by atoms with Crippen LogP contribution in [-0.2, 0) is 19.6 Å². The second kappa shape index (κ2) is 10.9. The van der Waals surface area contributed by atoms with E-state index in [-0.39, 0.29) is 29.7 Å². The van der Waals surface area contributed by atoms with Crippen molar-refractivity contribution in [2.75, 3.05) is 44.7 Å². The minimum atomic E-state index is -3.49. The van der Waals surface area contributed by atoms with Crippen LogP contribution < -0.4 is 14.9 Å². The van der Waals surface area contributed by atoms with Crippen LogP contribution in [0.25, 0.3) is 6.08 Å². The van der Waals surface area contributed by atoms with Gasteiger partial charge in [-0.25, -0.2) is 13.1 Å². The molecule has 1 aliphatic heterocycles. The van der Waals surface area contributed by atoms with E-state index in [0.29, 0.717) is 18.7 Å². The molecule has 0 radical (unpaired) electrons. The summed E-state index contributed by atoms with van der Waals surface area (Å²) in [6, 6.07) is 16.3. The molecule has 170 valence electrons. The maximum atomic E-state index is 12.4. The van der Waals surface area contributed by atoms with Gasteiger partial charge >= 0.3 is 0 Å². The molecule has 1 aliphatic rings. The minimum absolute atomic E-state index is 0.0309. The zero-order chi connectivity index (χ0) is 23.0. The van der Waals surface area contributed by atoms with E-state index in [1.54, 1.807) is 18.2 Å². The molecule has 0 aliphatic carbocycles. The zero-order valence-corrected chi connectivity index (χ0v) is 18.8. The number of benzene rings is 2. The summed E-state index contributed by atoms with van der Waals surface area (Å²) >= 11 is 0. The summed E-state index contributed by atoms with van der Waals surface area (Å²) < 4.78 is 25.7. The summed E-state index contributed by atoms with van der Waals surface area (Å²) in [5.74, 6) is -0.276. The lowest BCUT2D eigenvalue weighted by Crippen LogP contribution is -2.49. The summed E-state index contributed by atoms with van der Waals surface area (Å²) in [4.78, 5) is 28.7. The lowest BCUT2D eigenvalue weighted by atomic mass is 10.2. The van der Waals surface area contributed by atoms with Gasteiger partial charge in [-0.15, -0.1) is 0 Å². The third-order valence-corrected chi connectivity index (χ3v) is 6.71. The Kier molecular flexibility index (Phi) is 8.02. The van der Waals surface area contributed by atoms with Crippen molar-refractivity contribution in [2.45, 2.75) is 11.3 Å². The predicted molar refractivity (Wildman–Crippen MR) is 125 cm³/mol. The van der Waals surface area contributed by atoms with Gasteiger partial charge in [0.25, 0.3) is 0 Å². The van der Waals surface area contributed by atoms with Gasteiger partial charge in [0.1, 0.15) is 0 Å². The molecule has 1 saturated heterocycles. The fraction of sp³-hybridized carbons (Fsp3) is 0.304. The van der Waals surface area contributed by atoms with Crippen molar-refractivity contribution in [1.29, 1.82) is 0 Å². The molecule has 2 aromatic rings. The number of para-hydroxylation sites is 1. The van der Waals surface area contributed by atoms with Gasteiger partial charge in [0.2, 0.25) is 21.8 Å². The topological polar surface area (TPSA) is 98.8 Å². The lowest BCUT2D eigenvalue weighted by molar-refractivity contribution is -0.131.